The Morgan fingerprint density at radius 3 is 2.92 bits per heavy atom. The fraction of sp³-hybridized carbons (Fsp3) is 0.444. The number of pyridine rings is 1. The maximum atomic E-state index is 5.48. The largest absolute Gasteiger partial charge is 0.381 e. The fourth-order valence-electron chi connectivity index (χ4n) is 3.43. The lowest BCUT2D eigenvalue weighted by atomic mass is 10.1. The number of ether oxygens (including phenoxy) is 1. The third-order valence-electron chi connectivity index (χ3n) is 4.76. The zero-order chi connectivity index (χ0) is 17.2. The first kappa shape index (κ1) is 16.1. The van der Waals surface area contributed by atoms with Crippen LogP contribution >= 0.6 is 0 Å². The van der Waals surface area contributed by atoms with E-state index < -0.39 is 0 Å². The maximum absolute atomic E-state index is 5.48. The van der Waals surface area contributed by atoms with Crippen LogP contribution in [-0.4, -0.2) is 53.3 Å². The number of likely N-dealkylation sites (tertiary alicyclic amines) is 1. The van der Waals surface area contributed by atoms with Crippen molar-refractivity contribution >= 4 is 11.5 Å². The Bertz CT molecular complexity index is 720. The molecule has 1 aromatic heterocycles. The van der Waals surface area contributed by atoms with E-state index >= 15 is 0 Å². The maximum Gasteiger partial charge on any atom is 0.193 e. The number of hydrogen-bond acceptors (Lipinski definition) is 7. The van der Waals surface area contributed by atoms with E-state index in [9.17, 15) is 0 Å². The molecule has 1 aromatic rings. The van der Waals surface area contributed by atoms with Crippen molar-refractivity contribution in [3.63, 3.8) is 0 Å². The monoisotopic (exact) mass is 340 g/mol. The molecule has 4 heterocycles. The number of piperidine rings is 1. The molecule has 0 amide bonds. The summed E-state index contributed by atoms with van der Waals surface area (Å²) in [6.07, 6.45) is 10.3. The van der Waals surface area contributed by atoms with Crippen molar-refractivity contribution in [2.75, 3.05) is 25.5 Å². The molecule has 0 bridgehead atoms. The lowest BCUT2D eigenvalue weighted by Crippen LogP contribution is -2.49. The number of hydrogen-bond donors (Lipinski definition) is 2. The first-order valence-corrected chi connectivity index (χ1v) is 8.72. The van der Waals surface area contributed by atoms with E-state index in [-0.39, 0.29) is 6.29 Å². The lowest BCUT2D eigenvalue weighted by Gasteiger charge is -2.38. The first-order chi connectivity index (χ1) is 12.2. The summed E-state index contributed by atoms with van der Waals surface area (Å²) in [7, 11) is 1.80. The Kier molecular flexibility index (Phi) is 4.42. The van der Waals surface area contributed by atoms with Crippen LogP contribution in [0.5, 0.6) is 0 Å². The highest BCUT2D eigenvalue weighted by Gasteiger charge is 2.31. The normalized spacial score (nSPS) is 23.4. The number of amidine groups is 1. The van der Waals surface area contributed by atoms with E-state index in [1.165, 1.54) is 0 Å². The van der Waals surface area contributed by atoms with Gasteiger partial charge in [0.05, 0.1) is 6.10 Å². The molecule has 0 saturated carbocycles. The molecular formula is C18H24N6O. The van der Waals surface area contributed by atoms with Gasteiger partial charge in [-0.15, -0.1) is 0 Å². The summed E-state index contributed by atoms with van der Waals surface area (Å²) in [5, 5.41) is 5.47. The number of aromatic nitrogens is 1. The average Bonchev–Trinajstić information content (AvgIpc) is 3.04. The molecule has 2 N–H and O–H groups in total. The molecule has 25 heavy (non-hydrogen) atoms. The molecule has 0 spiro atoms. The van der Waals surface area contributed by atoms with Crippen molar-refractivity contribution in [3.8, 4) is 0 Å². The third kappa shape index (κ3) is 3.38. The number of rotatable bonds is 4. The Morgan fingerprint density at radius 2 is 2.16 bits per heavy atom. The number of fused-ring (bicyclic) bond motifs is 1. The predicted molar refractivity (Wildman–Crippen MR) is 97.6 cm³/mol. The minimum Gasteiger partial charge on any atom is -0.381 e. The summed E-state index contributed by atoms with van der Waals surface area (Å²) >= 11 is 0. The third-order valence-corrected chi connectivity index (χ3v) is 4.76. The van der Waals surface area contributed by atoms with E-state index in [4.69, 9.17) is 9.73 Å². The Morgan fingerprint density at radius 1 is 1.32 bits per heavy atom. The smallest absolute Gasteiger partial charge is 0.193 e. The number of nitrogens with one attached hydrogen (secondary N) is 2. The van der Waals surface area contributed by atoms with Crippen LogP contribution in [0.15, 0.2) is 47.4 Å². The van der Waals surface area contributed by atoms with Crippen molar-refractivity contribution in [2.45, 2.75) is 32.2 Å². The topological polar surface area (TPSA) is 65.0 Å². The molecule has 4 rings (SSSR count). The molecule has 7 heteroatoms. The number of aliphatic imine (C=N–C) groups is 1. The van der Waals surface area contributed by atoms with E-state index in [1.807, 2.05) is 25.1 Å². The number of hydrazine groups is 1. The number of aryl methyl sites for hydroxylation is 1. The minimum absolute atomic E-state index is 0.195. The average molecular weight is 340 g/mol. The number of nitrogens with zero attached hydrogens (tertiary/aromatic N) is 4. The van der Waals surface area contributed by atoms with E-state index in [1.54, 1.807) is 13.3 Å². The van der Waals surface area contributed by atoms with Crippen molar-refractivity contribution in [2.24, 2.45) is 4.99 Å². The molecule has 7 nitrogen and oxygen atoms in total. The zero-order valence-electron chi connectivity index (χ0n) is 14.6. The molecule has 132 valence electrons. The summed E-state index contributed by atoms with van der Waals surface area (Å²) in [4.78, 5) is 11.4. The zero-order valence-corrected chi connectivity index (χ0v) is 14.6. The molecule has 1 unspecified atom stereocenters. The van der Waals surface area contributed by atoms with Gasteiger partial charge >= 0.3 is 0 Å². The van der Waals surface area contributed by atoms with Gasteiger partial charge in [-0.2, -0.15) is 5.43 Å². The van der Waals surface area contributed by atoms with E-state index in [0.29, 0.717) is 6.10 Å². The SMILES string of the molecule is COC1CCN(C2=CC=CC3=NC(Nc4ccnc(C)c4)NN23)CC1. The van der Waals surface area contributed by atoms with Crippen LogP contribution in [0.25, 0.3) is 0 Å². The van der Waals surface area contributed by atoms with E-state index in [0.717, 1.165) is 49.0 Å². The van der Waals surface area contributed by atoms with E-state index in [2.05, 4.69) is 37.8 Å². The second kappa shape index (κ2) is 6.85. The van der Waals surface area contributed by atoms with Crippen LogP contribution in [0.3, 0.4) is 0 Å². The quantitative estimate of drug-likeness (QED) is 0.872. The van der Waals surface area contributed by atoms with Crippen LogP contribution in [-0.2, 0) is 4.74 Å². The minimum atomic E-state index is -0.195. The first-order valence-electron chi connectivity index (χ1n) is 8.72. The molecule has 3 aliphatic rings. The molecule has 0 radical (unpaired) electrons. The van der Waals surface area contributed by atoms with Crippen LogP contribution in [0.4, 0.5) is 5.69 Å². The molecule has 1 saturated heterocycles. The van der Waals surface area contributed by atoms with Crippen LogP contribution in [0.2, 0.25) is 0 Å². The fourth-order valence-corrected chi connectivity index (χ4v) is 3.43. The van der Waals surface area contributed by atoms with Crippen molar-refractivity contribution in [1.82, 2.24) is 20.3 Å². The van der Waals surface area contributed by atoms with Gasteiger partial charge in [-0.05, 0) is 44.1 Å². The Labute approximate surface area is 148 Å². The van der Waals surface area contributed by atoms with Gasteiger partial charge in [0.2, 0.25) is 0 Å². The molecule has 0 aromatic carbocycles. The number of anilines is 1. The highest BCUT2D eigenvalue weighted by atomic mass is 16.5. The van der Waals surface area contributed by atoms with Gasteiger partial charge in [-0.3, -0.25) is 4.98 Å². The molecule has 3 aliphatic heterocycles. The van der Waals surface area contributed by atoms with Gasteiger partial charge in [-0.1, -0.05) is 6.08 Å². The molecule has 0 aliphatic carbocycles. The van der Waals surface area contributed by atoms with Gasteiger partial charge in [-0.25, -0.2) is 10.0 Å². The van der Waals surface area contributed by atoms with Crippen molar-refractivity contribution < 1.29 is 4.74 Å². The lowest BCUT2D eigenvalue weighted by molar-refractivity contribution is 0.0426. The van der Waals surface area contributed by atoms with Gasteiger partial charge in [0, 0.05) is 37.8 Å². The highest BCUT2D eigenvalue weighted by Crippen LogP contribution is 2.24. The predicted octanol–water partition coefficient (Wildman–Crippen LogP) is 1.83. The van der Waals surface area contributed by atoms with Gasteiger partial charge < -0.3 is 15.0 Å². The number of methoxy groups -OCH3 is 1. The highest BCUT2D eigenvalue weighted by molar-refractivity contribution is 5.96. The summed E-state index contributed by atoms with van der Waals surface area (Å²) in [5.41, 5.74) is 5.42. The Hall–Kier alpha value is -2.38. The summed E-state index contributed by atoms with van der Waals surface area (Å²) in [5.74, 6) is 2.07. The van der Waals surface area contributed by atoms with Gasteiger partial charge in [0.25, 0.3) is 0 Å². The van der Waals surface area contributed by atoms with Crippen molar-refractivity contribution in [3.05, 3.63) is 48.1 Å². The molecular weight excluding hydrogens is 316 g/mol. The van der Waals surface area contributed by atoms with Gasteiger partial charge in [0.1, 0.15) is 11.7 Å². The standard InChI is InChI=1S/C18H24N6O/c1-13-12-14(6-9-19-13)20-18-21-16-4-3-5-17(24(16)22-18)23-10-7-15(25-2)8-11-23/h3-6,9,12,15,18,22H,7-8,10-11H2,1-2H3,(H,19,20). The summed E-state index contributed by atoms with van der Waals surface area (Å²) in [6.45, 7) is 3.96. The van der Waals surface area contributed by atoms with Crippen LogP contribution < -0.4 is 10.7 Å². The van der Waals surface area contributed by atoms with Crippen LogP contribution in [0, 0.1) is 6.92 Å². The number of allylic oxidation sites excluding steroid dienone is 2. The summed E-state index contributed by atoms with van der Waals surface area (Å²) in [6, 6.07) is 3.97. The molecule has 1 atom stereocenters. The van der Waals surface area contributed by atoms with Crippen molar-refractivity contribution in [1.29, 1.82) is 0 Å². The van der Waals surface area contributed by atoms with Gasteiger partial charge in [0.15, 0.2) is 6.29 Å². The van der Waals surface area contributed by atoms with Crippen LogP contribution in [0.1, 0.15) is 18.5 Å². The summed E-state index contributed by atoms with van der Waals surface area (Å²) < 4.78 is 5.48. The second-order valence-electron chi connectivity index (χ2n) is 6.49. The second-order valence-corrected chi connectivity index (χ2v) is 6.49. The Balaban J connectivity index is 1.44. The molecule has 1 fully saturated rings.